The maximum atomic E-state index is 10.5. The van der Waals surface area contributed by atoms with Gasteiger partial charge in [0, 0.05) is 6.04 Å². The molecule has 0 aliphatic carbocycles. The highest BCUT2D eigenvalue weighted by atomic mass is 16.2. The summed E-state index contributed by atoms with van der Waals surface area (Å²) in [6.45, 7) is 4.91. The molecular weight excluding hydrogens is 154 g/mol. The van der Waals surface area contributed by atoms with E-state index in [0.717, 1.165) is 19.4 Å². The van der Waals surface area contributed by atoms with Gasteiger partial charge in [-0.15, -0.1) is 0 Å². The van der Waals surface area contributed by atoms with Crippen molar-refractivity contribution in [2.24, 2.45) is 0 Å². The fourth-order valence-electron chi connectivity index (χ4n) is 1.68. The van der Waals surface area contributed by atoms with Crippen LogP contribution in [0.25, 0.3) is 0 Å². The first kappa shape index (κ1) is 9.32. The Morgan fingerprint density at radius 1 is 1.67 bits per heavy atom. The van der Waals surface area contributed by atoms with Crippen LogP contribution in [0, 0.1) is 0 Å². The van der Waals surface area contributed by atoms with Gasteiger partial charge in [-0.05, 0) is 33.2 Å². The van der Waals surface area contributed by atoms with Gasteiger partial charge in [-0.2, -0.15) is 0 Å². The Morgan fingerprint density at radius 2 is 2.33 bits per heavy atom. The molecule has 0 aromatic heterocycles. The Balaban J connectivity index is 2.50. The second kappa shape index (κ2) is 3.31. The summed E-state index contributed by atoms with van der Waals surface area (Å²) in [5, 5.41) is 5.93. The summed E-state index contributed by atoms with van der Waals surface area (Å²) in [4.78, 5) is 10.5. The molecule has 1 fully saturated rings. The van der Waals surface area contributed by atoms with Crippen LogP contribution in [-0.4, -0.2) is 24.2 Å². The molecule has 0 aromatic carbocycles. The molecule has 1 radical (unpaired) electrons. The van der Waals surface area contributed by atoms with E-state index in [2.05, 4.69) is 10.6 Å². The topological polar surface area (TPSA) is 64.9 Å². The molecule has 2 amide bonds. The van der Waals surface area contributed by atoms with E-state index in [1.54, 1.807) is 0 Å². The number of carbonyl (C=O) groups excluding carboxylic acids is 1. The molecule has 1 atom stereocenters. The number of nitrogens with one attached hydrogen (secondary N) is 3. The molecule has 1 aliphatic rings. The molecule has 1 aliphatic heterocycles. The van der Waals surface area contributed by atoms with E-state index >= 15 is 0 Å². The minimum atomic E-state index is -0.700. The van der Waals surface area contributed by atoms with Gasteiger partial charge in [0.2, 0.25) is 0 Å². The van der Waals surface area contributed by atoms with Gasteiger partial charge in [-0.1, -0.05) is 0 Å². The lowest BCUT2D eigenvalue weighted by Gasteiger charge is -2.31. The average molecular weight is 170 g/mol. The number of carbonyl (C=O) groups is 1. The Kier molecular flexibility index (Phi) is 2.57. The van der Waals surface area contributed by atoms with Crippen LogP contribution in [-0.2, 0) is 0 Å². The van der Waals surface area contributed by atoms with Crippen LogP contribution in [0.5, 0.6) is 0 Å². The number of rotatable bonds is 2. The van der Waals surface area contributed by atoms with Crippen molar-refractivity contribution in [2.45, 2.75) is 38.3 Å². The van der Waals surface area contributed by atoms with Crippen molar-refractivity contribution < 1.29 is 4.79 Å². The Morgan fingerprint density at radius 3 is 2.75 bits per heavy atom. The Labute approximate surface area is 72.9 Å². The number of hydrogen-bond donors (Lipinski definition) is 2. The molecule has 4 nitrogen and oxygen atoms in total. The van der Waals surface area contributed by atoms with Gasteiger partial charge in [0.05, 0.1) is 5.54 Å². The molecule has 69 valence electrons. The van der Waals surface area contributed by atoms with Crippen LogP contribution in [0.4, 0.5) is 4.79 Å². The zero-order chi connectivity index (χ0) is 9.19. The summed E-state index contributed by atoms with van der Waals surface area (Å²) < 4.78 is 0. The zero-order valence-corrected chi connectivity index (χ0v) is 7.61. The minimum absolute atomic E-state index is 0.296. The van der Waals surface area contributed by atoms with E-state index in [-0.39, 0.29) is 5.54 Å². The summed E-state index contributed by atoms with van der Waals surface area (Å²) in [5.41, 5.74) is 6.52. The van der Waals surface area contributed by atoms with Crippen LogP contribution in [0.1, 0.15) is 26.7 Å². The van der Waals surface area contributed by atoms with E-state index in [1.165, 1.54) is 0 Å². The Bertz CT molecular complexity index is 173. The third-order valence-corrected chi connectivity index (χ3v) is 2.37. The lowest BCUT2D eigenvalue weighted by molar-refractivity contribution is 0.227. The van der Waals surface area contributed by atoms with Gasteiger partial charge >= 0.3 is 6.03 Å². The van der Waals surface area contributed by atoms with Crippen molar-refractivity contribution in [3.63, 3.8) is 0 Å². The van der Waals surface area contributed by atoms with Crippen molar-refractivity contribution >= 4 is 6.03 Å². The highest BCUT2D eigenvalue weighted by Crippen LogP contribution is 2.18. The van der Waals surface area contributed by atoms with E-state index < -0.39 is 6.03 Å². The van der Waals surface area contributed by atoms with Gasteiger partial charge in [-0.3, -0.25) is 0 Å². The second-order valence-corrected chi connectivity index (χ2v) is 3.82. The van der Waals surface area contributed by atoms with Gasteiger partial charge < -0.3 is 10.6 Å². The zero-order valence-electron chi connectivity index (χ0n) is 7.61. The highest BCUT2D eigenvalue weighted by Gasteiger charge is 2.32. The van der Waals surface area contributed by atoms with Crippen LogP contribution in [0.3, 0.4) is 0 Å². The molecule has 0 aromatic rings. The van der Waals surface area contributed by atoms with Crippen molar-refractivity contribution in [3.05, 3.63) is 0 Å². The molecule has 0 spiro atoms. The highest BCUT2D eigenvalue weighted by molar-refractivity contribution is 5.71. The standard InChI is InChI=1S/C8H16N3O/c1-8(2,11-7(9)12)6-4-3-5-10-6/h6,9-10H,3-5H2,1-2H3,(H,11,12). The molecule has 4 heteroatoms. The van der Waals surface area contributed by atoms with E-state index in [4.69, 9.17) is 5.73 Å². The molecule has 1 unspecified atom stereocenters. The molecule has 0 saturated carbocycles. The SMILES string of the molecule is CC(C)(NC([NH])=O)C1CCCN1. The summed E-state index contributed by atoms with van der Waals surface area (Å²) in [7, 11) is 0. The monoisotopic (exact) mass is 170 g/mol. The van der Waals surface area contributed by atoms with Crippen LogP contribution in [0.15, 0.2) is 0 Å². The molecule has 12 heavy (non-hydrogen) atoms. The first-order valence-corrected chi connectivity index (χ1v) is 4.29. The largest absolute Gasteiger partial charge is 0.334 e. The smallest absolute Gasteiger partial charge is 0.330 e. The van der Waals surface area contributed by atoms with Crippen LogP contribution < -0.4 is 16.4 Å². The number of hydrogen-bond acceptors (Lipinski definition) is 2. The number of amides is 2. The average Bonchev–Trinajstić information content (AvgIpc) is 2.32. The first-order valence-electron chi connectivity index (χ1n) is 4.29. The van der Waals surface area contributed by atoms with Gasteiger partial charge in [-0.25, -0.2) is 10.5 Å². The molecule has 1 rings (SSSR count). The third kappa shape index (κ3) is 2.11. The van der Waals surface area contributed by atoms with E-state index in [1.807, 2.05) is 13.8 Å². The summed E-state index contributed by atoms with van der Waals surface area (Å²) in [5.74, 6) is 0. The van der Waals surface area contributed by atoms with Crippen LogP contribution in [0.2, 0.25) is 0 Å². The fourth-order valence-corrected chi connectivity index (χ4v) is 1.68. The summed E-state index contributed by atoms with van der Waals surface area (Å²) in [6.07, 6.45) is 2.23. The second-order valence-electron chi connectivity index (χ2n) is 3.82. The number of urea groups is 1. The lowest BCUT2D eigenvalue weighted by Crippen LogP contribution is -2.55. The maximum Gasteiger partial charge on any atom is 0.334 e. The minimum Gasteiger partial charge on any atom is -0.330 e. The van der Waals surface area contributed by atoms with Crippen molar-refractivity contribution in [1.29, 1.82) is 0 Å². The van der Waals surface area contributed by atoms with Crippen molar-refractivity contribution in [3.8, 4) is 0 Å². The molecule has 0 bridgehead atoms. The molecule has 1 heterocycles. The van der Waals surface area contributed by atoms with Crippen LogP contribution >= 0.6 is 0 Å². The lowest BCUT2D eigenvalue weighted by atomic mass is 9.93. The molecule has 1 saturated heterocycles. The summed E-state index contributed by atoms with van der Waals surface area (Å²) >= 11 is 0. The maximum absolute atomic E-state index is 10.5. The van der Waals surface area contributed by atoms with E-state index in [9.17, 15) is 4.79 Å². The summed E-state index contributed by atoms with van der Waals surface area (Å²) in [6, 6.07) is -0.388. The quantitative estimate of drug-likeness (QED) is 0.634. The molecule has 3 N–H and O–H groups in total. The first-order chi connectivity index (χ1) is 5.52. The Hall–Kier alpha value is -0.770. The predicted octanol–water partition coefficient (Wildman–Crippen LogP) is 0.509. The van der Waals surface area contributed by atoms with Gasteiger partial charge in [0.1, 0.15) is 0 Å². The predicted molar refractivity (Wildman–Crippen MR) is 46.7 cm³/mol. The molecular formula is C8H16N3O. The van der Waals surface area contributed by atoms with Crippen molar-refractivity contribution in [1.82, 2.24) is 16.4 Å². The van der Waals surface area contributed by atoms with Gasteiger partial charge in [0.25, 0.3) is 0 Å². The van der Waals surface area contributed by atoms with E-state index in [0.29, 0.717) is 6.04 Å². The fraction of sp³-hybridized carbons (Fsp3) is 0.875. The van der Waals surface area contributed by atoms with Gasteiger partial charge in [0.15, 0.2) is 0 Å². The third-order valence-electron chi connectivity index (χ3n) is 2.37. The van der Waals surface area contributed by atoms with Crippen molar-refractivity contribution in [2.75, 3.05) is 6.54 Å². The normalized spacial score (nSPS) is 24.0.